The molecule has 2 aromatic carbocycles. The van der Waals surface area contributed by atoms with Crippen LogP contribution in [0.3, 0.4) is 0 Å². The van der Waals surface area contributed by atoms with Gasteiger partial charge in [0, 0.05) is 5.56 Å². The SMILES string of the molecule is CCc1ccccc1OCC(=O)NNC(=O)c1occc1CS(=O)(=O)c1ccccc1. The van der Waals surface area contributed by atoms with Crippen molar-refractivity contribution in [2.45, 2.75) is 24.0 Å². The highest BCUT2D eigenvalue weighted by atomic mass is 32.2. The summed E-state index contributed by atoms with van der Waals surface area (Å²) < 4.78 is 35.7. The lowest BCUT2D eigenvalue weighted by atomic mass is 10.1. The largest absolute Gasteiger partial charge is 0.483 e. The van der Waals surface area contributed by atoms with Gasteiger partial charge < -0.3 is 9.15 Å². The van der Waals surface area contributed by atoms with Gasteiger partial charge in [-0.05, 0) is 36.2 Å². The zero-order valence-electron chi connectivity index (χ0n) is 16.8. The Bertz CT molecular complexity index is 1160. The zero-order chi connectivity index (χ0) is 22.3. The number of furan rings is 1. The first kappa shape index (κ1) is 22.1. The van der Waals surface area contributed by atoms with Gasteiger partial charge in [0.05, 0.1) is 16.9 Å². The Morgan fingerprint density at radius 1 is 0.935 bits per heavy atom. The van der Waals surface area contributed by atoms with Crippen molar-refractivity contribution < 1.29 is 27.2 Å². The minimum Gasteiger partial charge on any atom is -0.483 e. The Hall–Kier alpha value is -3.59. The number of hydrogen-bond acceptors (Lipinski definition) is 6. The number of benzene rings is 2. The summed E-state index contributed by atoms with van der Waals surface area (Å²) in [5.41, 5.74) is 5.58. The number of para-hydroxylation sites is 1. The topological polar surface area (TPSA) is 115 Å². The molecule has 9 heteroatoms. The molecular weight excluding hydrogens is 420 g/mol. The standard InChI is InChI=1S/C22H22N2O6S/c1-2-16-8-6-7-11-19(16)30-14-20(25)23-24-22(26)21-17(12-13-29-21)15-31(27,28)18-9-4-3-5-10-18/h3-13H,2,14-15H2,1H3,(H,23,25)(H,24,26). The molecule has 0 aliphatic heterocycles. The molecule has 0 bridgehead atoms. The maximum atomic E-state index is 12.6. The van der Waals surface area contributed by atoms with Crippen molar-refractivity contribution in [1.29, 1.82) is 0 Å². The quantitative estimate of drug-likeness (QED) is 0.519. The van der Waals surface area contributed by atoms with E-state index in [0.29, 0.717) is 5.75 Å². The number of hydrazine groups is 1. The number of sulfone groups is 1. The van der Waals surface area contributed by atoms with E-state index in [2.05, 4.69) is 10.9 Å². The van der Waals surface area contributed by atoms with Gasteiger partial charge in [0.25, 0.3) is 5.91 Å². The van der Waals surface area contributed by atoms with Crippen LogP contribution in [0, 0.1) is 0 Å². The molecule has 0 unspecified atom stereocenters. The Labute approximate surface area is 180 Å². The van der Waals surface area contributed by atoms with E-state index in [9.17, 15) is 18.0 Å². The molecule has 0 atom stereocenters. The first-order valence-corrected chi connectivity index (χ1v) is 11.2. The van der Waals surface area contributed by atoms with Gasteiger partial charge in [0.1, 0.15) is 5.75 Å². The maximum absolute atomic E-state index is 12.6. The van der Waals surface area contributed by atoms with Crippen LogP contribution in [0.15, 0.2) is 76.2 Å². The lowest BCUT2D eigenvalue weighted by molar-refractivity contribution is -0.123. The van der Waals surface area contributed by atoms with Crippen molar-refractivity contribution in [3.05, 3.63) is 83.8 Å². The summed E-state index contributed by atoms with van der Waals surface area (Å²) in [6.45, 7) is 1.67. The van der Waals surface area contributed by atoms with Crippen molar-refractivity contribution in [2.24, 2.45) is 0 Å². The van der Waals surface area contributed by atoms with E-state index in [1.54, 1.807) is 30.3 Å². The molecule has 162 valence electrons. The molecule has 0 saturated carbocycles. The van der Waals surface area contributed by atoms with Gasteiger partial charge in [-0.1, -0.05) is 43.3 Å². The first-order valence-electron chi connectivity index (χ1n) is 9.54. The van der Waals surface area contributed by atoms with E-state index in [1.807, 2.05) is 19.1 Å². The number of aryl methyl sites for hydroxylation is 1. The minimum atomic E-state index is -3.66. The predicted octanol–water partition coefficient (Wildman–Crippen LogP) is 2.66. The number of amides is 2. The molecular formula is C22H22N2O6S. The molecule has 0 aliphatic carbocycles. The summed E-state index contributed by atoms with van der Waals surface area (Å²) in [4.78, 5) is 24.5. The van der Waals surface area contributed by atoms with Crippen molar-refractivity contribution in [1.82, 2.24) is 10.9 Å². The van der Waals surface area contributed by atoms with Gasteiger partial charge in [-0.15, -0.1) is 0 Å². The average molecular weight is 442 g/mol. The Morgan fingerprint density at radius 3 is 2.39 bits per heavy atom. The fourth-order valence-electron chi connectivity index (χ4n) is 2.86. The monoisotopic (exact) mass is 442 g/mol. The molecule has 1 aromatic heterocycles. The van der Waals surface area contributed by atoms with E-state index < -0.39 is 27.4 Å². The van der Waals surface area contributed by atoms with Gasteiger partial charge in [0.2, 0.25) is 0 Å². The number of rotatable bonds is 8. The molecule has 0 fully saturated rings. The number of nitrogens with one attached hydrogen (secondary N) is 2. The molecule has 2 amide bonds. The third kappa shape index (κ3) is 5.73. The molecule has 1 heterocycles. The Kier molecular flexibility index (Phi) is 7.09. The molecule has 3 rings (SSSR count). The van der Waals surface area contributed by atoms with Crippen molar-refractivity contribution in [3.63, 3.8) is 0 Å². The minimum absolute atomic E-state index is 0.139. The van der Waals surface area contributed by atoms with Gasteiger partial charge in [0.15, 0.2) is 22.2 Å². The lowest BCUT2D eigenvalue weighted by Gasteiger charge is -2.11. The van der Waals surface area contributed by atoms with Crippen LogP contribution in [0.2, 0.25) is 0 Å². The molecule has 8 nitrogen and oxygen atoms in total. The van der Waals surface area contributed by atoms with E-state index in [4.69, 9.17) is 9.15 Å². The molecule has 31 heavy (non-hydrogen) atoms. The summed E-state index contributed by atoms with van der Waals surface area (Å²) in [6.07, 6.45) is 1.97. The fraction of sp³-hybridized carbons (Fsp3) is 0.182. The van der Waals surface area contributed by atoms with Crippen LogP contribution in [-0.2, 0) is 26.8 Å². The Balaban J connectivity index is 1.57. The van der Waals surface area contributed by atoms with E-state index in [0.717, 1.165) is 12.0 Å². The molecule has 0 aliphatic rings. The smallest absolute Gasteiger partial charge is 0.305 e. The van der Waals surface area contributed by atoms with Crippen LogP contribution >= 0.6 is 0 Å². The highest BCUT2D eigenvalue weighted by Gasteiger charge is 2.22. The first-order chi connectivity index (χ1) is 14.9. The highest BCUT2D eigenvalue weighted by Crippen LogP contribution is 2.20. The molecule has 3 aromatic rings. The van der Waals surface area contributed by atoms with Crippen LogP contribution in [0.25, 0.3) is 0 Å². The van der Waals surface area contributed by atoms with E-state index >= 15 is 0 Å². The third-order valence-corrected chi connectivity index (χ3v) is 6.11. The van der Waals surface area contributed by atoms with Crippen molar-refractivity contribution >= 4 is 21.7 Å². The summed E-state index contributed by atoms with van der Waals surface area (Å²) in [5.74, 6) is -1.38. The lowest BCUT2D eigenvalue weighted by Crippen LogP contribution is -2.44. The second-order valence-electron chi connectivity index (χ2n) is 6.60. The summed E-state index contributed by atoms with van der Waals surface area (Å²) in [6, 6.07) is 16.6. The Morgan fingerprint density at radius 2 is 1.65 bits per heavy atom. The highest BCUT2D eigenvalue weighted by molar-refractivity contribution is 7.90. The number of carbonyl (C=O) groups excluding carboxylic acids is 2. The number of carbonyl (C=O) groups is 2. The average Bonchev–Trinajstić information content (AvgIpc) is 3.24. The molecule has 0 spiro atoms. The number of ether oxygens (including phenoxy) is 1. The van der Waals surface area contributed by atoms with Crippen LogP contribution in [0.5, 0.6) is 5.75 Å². The van der Waals surface area contributed by atoms with Gasteiger partial charge in [-0.25, -0.2) is 8.42 Å². The maximum Gasteiger partial charge on any atom is 0.305 e. The second-order valence-corrected chi connectivity index (χ2v) is 8.59. The molecule has 2 N–H and O–H groups in total. The third-order valence-electron chi connectivity index (χ3n) is 4.43. The second kappa shape index (κ2) is 9.94. The van der Waals surface area contributed by atoms with Crippen LogP contribution in [0.4, 0.5) is 0 Å². The zero-order valence-corrected chi connectivity index (χ0v) is 17.6. The summed E-state index contributed by atoms with van der Waals surface area (Å²) in [7, 11) is -3.66. The normalized spacial score (nSPS) is 11.0. The fourth-order valence-corrected chi connectivity index (χ4v) is 4.24. The summed E-state index contributed by atoms with van der Waals surface area (Å²) >= 11 is 0. The van der Waals surface area contributed by atoms with Crippen LogP contribution in [-0.4, -0.2) is 26.8 Å². The van der Waals surface area contributed by atoms with Gasteiger partial charge in [-0.2, -0.15) is 0 Å². The van der Waals surface area contributed by atoms with E-state index in [1.165, 1.54) is 24.5 Å². The van der Waals surface area contributed by atoms with Gasteiger partial charge >= 0.3 is 5.91 Å². The van der Waals surface area contributed by atoms with Crippen molar-refractivity contribution in [2.75, 3.05) is 6.61 Å². The molecule has 0 saturated heterocycles. The predicted molar refractivity (Wildman–Crippen MR) is 113 cm³/mol. The molecule has 0 radical (unpaired) electrons. The number of hydrogen-bond donors (Lipinski definition) is 2. The van der Waals surface area contributed by atoms with Crippen LogP contribution < -0.4 is 15.6 Å². The summed E-state index contributed by atoms with van der Waals surface area (Å²) in [5, 5.41) is 0. The van der Waals surface area contributed by atoms with Crippen molar-refractivity contribution in [3.8, 4) is 5.75 Å². The van der Waals surface area contributed by atoms with Crippen LogP contribution in [0.1, 0.15) is 28.6 Å². The van der Waals surface area contributed by atoms with E-state index in [-0.39, 0.29) is 22.8 Å². The van der Waals surface area contributed by atoms with Gasteiger partial charge in [-0.3, -0.25) is 20.4 Å².